The van der Waals surface area contributed by atoms with Crippen molar-refractivity contribution < 1.29 is 19.8 Å². The van der Waals surface area contributed by atoms with Gasteiger partial charge in [-0.25, -0.2) is 4.98 Å². The predicted molar refractivity (Wildman–Crippen MR) is 60.7 cm³/mol. The molecule has 90 valence electrons. The fraction of sp³-hybridized carbons (Fsp3) is 0.182. The highest BCUT2D eigenvalue weighted by molar-refractivity contribution is 5.83. The van der Waals surface area contributed by atoms with Crippen LogP contribution < -0.4 is 0 Å². The first-order chi connectivity index (χ1) is 8.00. The van der Waals surface area contributed by atoms with E-state index < -0.39 is 11.9 Å². The molecule has 0 atom stereocenters. The molecule has 1 aromatic heterocycles. The number of nitrogens with zero attached hydrogens (tertiary/aromatic N) is 1. The van der Waals surface area contributed by atoms with Gasteiger partial charge in [-0.1, -0.05) is 12.1 Å². The molecule has 0 fully saturated rings. The number of aromatic nitrogens is 2. The molecular weight excluding hydrogens is 224 g/mol. The van der Waals surface area contributed by atoms with E-state index in [0.29, 0.717) is 0 Å². The van der Waals surface area contributed by atoms with Gasteiger partial charge in [0.25, 0.3) is 5.97 Å². The highest BCUT2D eigenvalue weighted by atomic mass is 16.4. The number of carboxylic acids is 2. The number of aromatic amines is 1. The van der Waals surface area contributed by atoms with Crippen molar-refractivity contribution in [3.8, 4) is 0 Å². The number of nitrogens with one attached hydrogen (secondary N) is 1. The van der Waals surface area contributed by atoms with Crippen molar-refractivity contribution in [2.75, 3.05) is 0 Å². The fourth-order valence-corrected chi connectivity index (χ4v) is 1.33. The SMILES string of the molecule is CC(=O)O.O=C(O)Cc1cccc2[nH]cnc12. The Morgan fingerprint density at radius 1 is 1.35 bits per heavy atom. The third-order valence-corrected chi connectivity index (χ3v) is 1.87. The van der Waals surface area contributed by atoms with Gasteiger partial charge in [0.1, 0.15) is 0 Å². The van der Waals surface area contributed by atoms with Crippen molar-refractivity contribution in [3.05, 3.63) is 30.1 Å². The van der Waals surface area contributed by atoms with Crippen LogP contribution in [0.25, 0.3) is 11.0 Å². The molecular formula is C11H12N2O4. The lowest BCUT2D eigenvalue weighted by molar-refractivity contribution is -0.136. The summed E-state index contributed by atoms with van der Waals surface area (Å²) in [5.41, 5.74) is 2.36. The summed E-state index contributed by atoms with van der Waals surface area (Å²) in [4.78, 5) is 26.5. The molecule has 0 aliphatic carbocycles. The van der Waals surface area contributed by atoms with Crippen molar-refractivity contribution in [1.29, 1.82) is 0 Å². The Balaban J connectivity index is 0.000000317. The van der Waals surface area contributed by atoms with Crippen LogP contribution in [-0.2, 0) is 16.0 Å². The van der Waals surface area contributed by atoms with Crippen LogP contribution in [0.15, 0.2) is 24.5 Å². The second-order valence-corrected chi connectivity index (χ2v) is 3.31. The summed E-state index contributed by atoms with van der Waals surface area (Å²) in [6.07, 6.45) is 1.58. The van der Waals surface area contributed by atoms with E-state index in [2.05, 4.69) is 9.97 Å². The number of benzene rings is 1. The molecule has 1 aromatic carbocycles. The van der Waals surface area contributed by atoms with Gasteiger partial charge in [-0.2, -0.15) is 0 Å². The Kier molecular flexibility index (Phi) is 4.21. The van der Waals surface area contributed by atoms with Crippen LogP contribution in [-0.4, -0.2) is 32.1 Å². The van der Waals surface area contributed by atoms with Gasteiger partial charge in [-0.15, -0.1) is 0 Å². The lowest BCUT2D eigenvalue weighted by Crippen LogP contribution is -2.00. The number of para-hydroxylation sites is 1. The van der Waals surface area contributed by atoms with Gasteiger partial charge >= 0.3 is 5.97 Å². The first-order valence-electron chi connectivity index (χ1n) is 4.83. The van der Waals surface area contributed by atoms with Crippen molar-refractivity contribution in [1.82, 2.24) is 9.97 Å². The number of fused-ring (bicyclic) bond motifs is 1. The molecule has 0 saturated heterocycles. The molecule has 0 amide bonds. The molecule has 0 aliphatic heterocycles. The topological polar surface area (TPSA) is 103 Å². The highest BCUT2D eigenvalue weighted by Crippen LogP contribution is 2.14. The summed E-state index contributed by atoms with van der Waals surface area (Å²) >= 11 is 0. The summed E-state index contributed by atoms with van der Waals surface area (Å²) in [7, 11) is 0. The smallest absolute Gasteiger partial charge is 0.307 e. The van der Waals surface area contributed by atoms with Crippen molar-refractivity contribution >= 4 is 23.0 Å². The maximum absolute atomic E-state index is 10.5. The van der Waals surface area contributed by atoms with Crippen LogP contribution in [0, 0.1) is 0 Å². The molecule has 0 aliphatic rings. The first-order valence-corrected chi connectivity index (χ1v) is 4.83. The maximum atomic E-state index is 10.5. The van der Waals surface area contributed by atoms with Gasteiger partial charge in [0, 0.05) is 6.92 Å². The predicted octanol–water partition coefficient (Wildman–Crippen LogP) is 1.28. The molecule has 6 heteroatoms. The minimum Gasteiger partial charge on any atom is -0.481 e. The highest BCUT2D eigenvalue weighted by Gasteiger charge is 2.06. The fourth-order valence-electron chi connectivity index (χ4n) is 1.33. The third kappa shape index (κ3) is 3.94. The van der Waals surface area contributed by atoms with Crippen LogP contribution in [0.1, 0.15) is 12.5 Å². The minimum absolute atomic E-state index is 0.0161. The van der Waals surface area contributed by atoms with Crippen LogP contribution in [0.5, 0.6) is 0 Å². The van der Waals surface area contributed by atoms with Crippen LogP contribution in [0.2, 0.25) is 0 Å². The summed E-state index contributed by atoms with van der Waals surface area (Å²) in [5.74, 6) is -1.67. The van der Waals surface area contributed by atoms with Gasteiger partial charge in [0.05, 0.1) is 23.8 Å². The number of rotatable bonds is 2. The first kappa shape index (κ1) is 12.7. The Morgan fingerprint density at radius 2 is 2.00 bits per heavy atom. The Morgan fingerprint density at radius 3 is 2.59 bits per heavy atom. The second-order valence-electron chi connectivity index (χ2n) is 3.31. The van der Waals surface area contributed by atoms with Crippen molar-refractivity contribution in [2.45, 2.75) is 13.3 Å². The number of hydrogen-bond donors (Lipinski definition) is 3. The van der Waals surface area contributed by atoms with E-state index in [1.54, 1.807) is 12.4 Å². The number of imidazole rings is 1. The molecule has 6 nitrogen and oxygen atoms in total. The lowest BCUT2D eigenvalue weighted by atomic mass is 10.1. The second kappa shape index (κ2) is 5.64. The number of hydrogen-bond acceptors (Lipinski definition) is 3. The van der Waals surface area contributed by atoms with E-state index in [1.807, 2.05) is 12.1 Å². The number of carboxylic acid groups (broad SMARTS) is 2. The zero-order valence-electron chi connectivity index (χ0n) is 9.17. The molecule has 0 radical (unpaired) electrons. The average Bonchev–Trinajstić information content (AvgIpc) is 2.64. The average molecular weight is 236 g/mol. The monoisotopic (exact) mass is 236 g/mol. The largest absolute Gasteiger partial charge is 0.481 e. The zero-order chi connectivity index (χ0) is 12.8. The van der Waals surface area contributed by atoms with E-state index in [1.165, 1.54) is 0 Å². The summed E-state index contributed by atoms with van der Waals surface area (Å²) < 4.78 is 0. The normalized spacial score (nSPS) is 9.47. The van der Waals surface area contributed by atoms with Gasteiger partial charge in [-0.05, 0) is 11.6 Å². The molecule has 0 saturated carbocycles. The van der Waals surface area contributed by atoms with Crippen molar-refractivity contribution in [3.63, 3.8) is 0 Å². The molecule has 1 heterocycles. The lowest BCUT2D eigenvalue weighted by Gasteiger charge is -1.96. The van der Waals surface area contributed by atoms with Gasteiger partial charge in [0.15, 0.2) is 0 Å². The molecule has 0 bridgehead atoms. The summed E-state index contributed by atoms with van der Waals surface area (Å²) in [6, 6.07) is 5.46. The molecule has 0 spiro atoms. The summed E-state index contributed by atoms with van der Waals surface area (Å²) in [5, 5.41) is 16.0. The quantitative estimate of drug-likeness (QED) is 0.728. The molecule has 0 unspecified atom stereocenters. The van der Waals surface area contributed by atoms with E-state index in [0.717, 1.165) is 23.5 Å². The number of H-pyrrole nitrogens is 1. The number of aliphatic carboxylic acids is 2. The third-order valence-electron chi connectivity index (χ3n) is 1.87. The van der Waals surface area contributed by atoms with Gasteiger partial charge < -0.3 is 15.2 Å². The minimum atomic E-state index is -0.837. The van der Waals surface area contributed by atoms with E-state index in [9.17, 15) is 4.79 Å². The Bertz CT molecular complexity index is 529. The van der Waals surface area contributed by atoms with Crippen LogP contribution >= 0.6 is 0 Å². The molecule has 2 aromatic rings. The van der Waals surface area contributed by atoms with Crippen molar-refractivity contribution in [2.24, 2.45) is 0 Å². The summed E-state index contributed by atoms with van der Waals surface area (Å²) in [6.45, 7) is 1.08. The van der Waals surface area contributed by atoms with Crippen LogP contribution in [0.3, 0.4) is 0 Å². The standard InChI is InChI=1S/C9H8N2O2.C2H4O2/c12-8(13)4-6-2-1-3-7-9(6)11-5-10-7;1-2(3)4/h1-3,5H,4H2,(H,10,11)(H,12,13);1H3,(H,3,4). The van der Waals surface area contributed by atoms with Gasteiger partial charge in [0.2, 0.25) is 0 Å². The maximum Gasteiger partial charge on any atom is 0.307 e. The van der Waals surface area contributed by atoms with Crippen LogP contribution in [0.4, 0.5) is 0 Å². The Hall–Kier alpha value is -2.37. The Labute approximate surface area is 96.9 Å². The van der Waals surface area contributed by atoms with Gasteiger partial charge in [-0.3, -0.25) is 9.59 Å². The molecule has 2 rings (SSSR count). The molecule has 17 heavy (non-hydrogen) atoms. The van der Waals surface area contributed by atoms with E-state index in [4.69, 9.17) is 15.0 Å². The van der Waals surface area contributed by atoms with E-state index >= 15 is 0 Å². The van der Waals surface area contributed by atoms with E-state index in [-0.39, 0.29) is 6.42 Å². The zero-order valence-corrected chi connectivity index (χ0v) is 9.17. The number of carbonyl (C=O) groups is 2. The molecule has 3 N–H and O–H groups in total.